The normalized spacial score (nSPS) is 10.3. The third kappa shape index (κ3) is 4.64. The van der Waals surface area contributed by atoms with Crippen LogP contribution >= 0.6 is 22.9 Å². The van der Waals surface area contributed by atoms with Crippen LogP contribution in [-0.2, 0) is 11.3 Å². The first-order valence-corrected chi connectivity index (χ1v) is 8.10. The monoisotopic (exact) mass is 339 g/mol. The molecule has 0 aliphatic rings. The van der Waals surface area contributed by atoms with Gasteiger partial charge in [0.1, 0.15) is 11.5 Å². The molecule has 1 amide bonds. The number of rotatable bonds is 7. The molecule has 0 spiro atoms. The smallest absolute Gasteiger partial charge is 0.260 e. The second-order valence-electron chi connectivity index (χ2n) is 4.58. The van der Waals surface area contributed by atoms with Crippen molar-refractivity contribution in [3.63, 3.8) is 0 Å². The number of carbonyl (C=O) groups is 1. The lowest BCUT2D eigenvalue weighted by Gasteiger charge is -2.20. The SMILES string of the molecule is CCN(Cc1ccc(Cl)s1)C(=O)COc1ccc(OC)cc1. The fraction of sp³-hybridized carbons (Fsp3) is 0.312. The summed E-state index contributed by atoms with van der Waals surface area (Å²) in [5, 5.41) is 0. The number of thiophene rings is 1. The fourth-order valence-electron chi connectivity index (χ4n) is 1.91. The molecule has 0 fully saturated rings. The van der Waals surface area contributed by atoms with Gasteiger partial charge in [0.15, 0.2) is 6.61 Å². The van der Waals surface area contributed by atoms with Crippen LogP contribution in [0.1, 0.15) is 11.8 Å². The largest absolute Gasteiger partial charge is 0.497 e. The van der Waals surface area contributed by atoms with E-state index < -0.39 is 0 Å². The minimum atomic E-state index is -0.0529. The number of benzene rings is 1. The van der Waals surface area contributed by atoms with Gasteiger partial charge in [0.05, 0.1) is 18.0 Å². The van der Waals surface area contributed by atoms with Gasteiger partial charge in [-0.2, -0.15) is 0 Å². The van der Waals surface area contributed by atoms with Gasteiger partial charge < -0.3 is 14.4 Å². The Bertz CT molecular complexity index is 612. The first kappa shape index (κ1) is 16.6. The molecular weight excluding hydrogens is 322 g/mol. The third-order valence-electron chi connectivity index (χ3n) is 3.13. The van der Waals surface area contributed by atoms with Crippen molar-refractivity contribution >= 4 is 28.8 Å². The van der Waals surface area contributed by atoms with E-state index >= 15 is 0 Å². The molecule has 1 aromatic heterocycles. The average Bonchev–Trinajstić information content (AvgIpc) is 2.96. The molecule has 0 aliphatic heterocycles. The van der Waals surface area contributed by atoms with Crippen LogP contribution < -0.4 is 9.47 Å². The van der Waals surface area contributed by atoms with Crippen molar-refractivity contribution in [2.45, 2.75) is 13.5 Å². The maximum Gasteiger partial charge on any atom is 0.260 e. The Morgan fingerprint density at radius 2 is 1.86 bits per heavy atom. The Balaban J connectivity index is 1.88. The maximum absolute atomic E-state index is 12.2. The van der Waals surface area contributed by atoms with Gasteiger partial charge in [-0.15, -0.1) is 11.3 Å². The van der Waals surface area contributed by atoms with E-state index in [1.807, 2.05) is 19.1 Å². The molecule has 118 valence electrons. The van der Waals surface area contributed by atoms with Gasteiger partial charge in [-0.25, -0.2) is 0 Å². The molecule has 0 saturated carbocycles. The second kappa shape index (κ2) is 8.06. The molecule has 0 saturated heterocycles. The van der Waals surface area contributed by atoms with E-state index in [2.05, 4.69) is 0 Å². The number of carbonyl (C=O) groups excluding carboxylic acids is 1. The lowest BCUT2D eigenvalue weighted by atomic mass is 10.3. The lowest BCUT2D eigenvalue weighted by molar-refractivity contribution is -0.133. The van der Waals surface area contributed by atoms with Crippen molar-refractivity contribution in [1.29, 1.82) is 0 Å². The summed E-state index contributed by atoms with van der Waals surface area (Å²) >= 11 is 7.40. The van der Waals surface area contributed by atoms with Gasteiger partial charge >= 0.3 is 0 Å². The Morgan fingerprint density at radius 3 is 2.41 bits per heavy atom. The molecule has 6 heteroatoms. The van der Waals surface area contributed by atoms with E-state index in [1.165, 1.54) is 11.3 Å². The molecular formula is C16H18ClNO3S. The topological polar surface area (TPSA) is 38.8 Å². The van der Waals surface area contributed by atoms with Gasteiger partial charge in [-0.3, -0.25) is 4.79 Å². The summed E-state index contributed by atoms with van der Waals surface area (Å²) in [5.41, 5.74) is 0. The maximum atomic E-state index is 12.2. The number of ether oxygens (including phenoxy) is 2. The van der Waals surface area contributed by atoms with Crippen LogP contribution in [0.15, 0.2) is 36.4 Å². The standard InChI is InChI=1S/C16H18ClNO3S/c1-3-18(10-14-8-9-15(17)22-14)16(19)11-21-13-6-4-12(20-2)5-7-13/h4-9H,3,10-11H2,1-2H3. The highest BCUT2D eigenvalue weighted by Gasteiger charge is 2.14. The second-order valence-corrected chi connectivity index (χ2v) is 6.38. The third-order valence-corrected chi connectivity index (χ3v) is 4.35. The van der Waals surface area contributed by atoms with Crippen molar-refractivity contribution < 1.29 is 14.3 Å². The van der Waals surface area contributed by atoms with E-state index in [-0.39, 0.29) is 12.5 Å². The molecule has 1 aromatic carbocycles. The van der Waals surface area contributed by atoms with E-state index in [9.17, 15) is 4.79 Å². The van der Waals surface area contributed by atoms with E-state index in [0.29, 0.717) is 18.8 Å². The number of nitrogens with zero attached hydrogens (tertiary/aromatic N) is 1. The van der Waals surface area contributed by atoms with E-state index in [4.69, 9.17) is 21.1 Å². The number of likely N-dealkylation sites (N-methyl/N-ethyl adjacent to an activating group) is 1. The number of halogens is 1. The highest BCUT2D eigenvalue weighted by atomic mass is 35.5. The Morgan fingerprint density at radius 1 is 1.18 bits per heavy atom. The Kier molecular flexibility index (Phi) is 6.10. The van der Waals surface area contributed by atoms with Crippen molar-refractivity contribution in [3.05, 3.63) is 45.6 Å². The minimum absolute atomic E-state index is 0.0132. The van der Waals surface area contributed by atoms with Gasteiger partial charge in [0, 0.05) is 11.4 Å². The lowest BCUT2D eigenvalue weighted by Crippen LogP contribution is -2.34. The predicted octanol–water partition coefficient (Wildman–Crippen LogP) is 3.84. The van der Waals surface area contributed by atoms with Crippen LogP contribution in [0.25, 0.3) is 0 Å². The van der Waals surface area contributed by atoms with Crippen molar-refractivity contribution in [2.75, 3.05) is 20.3 Å². The zero-order valence-electron chi connectivity index (χ0n) is 12.5. The summed E-state index contributed by atoms with van der Waals surface area (Å²) in [4.78, 5) is 15.0. The van der Waals surface area contributed by atoms with Crippen LogP contribution in [0, 0.1) is 0 Å². The first-order chi connectivity index (χ1) is 10.6. The van der Waals surface area contributed by atoms with E-state index in [1.54, 1.807) is 36.3 Å². The molecule has 0 atom stereocenters. The average molecular weight is 340 g/mol. The van der Waals surface area contributed by atoms with Crippen LogP contribution in [-0.4, -0.2) is 31.1 Å². The summed E-state index contributed by atoms with van der Waals surface area (Å²) < 4.78 is 11.3. The predicted molar refractivity (Wildman–Crippen MR) is 88.9 cm³/mol. The fourth-order valence-corrected chi connectivity index (χ4v) is 3.01. The zero-order chi connectivity index (χ0) is 15.9. The van der Waals surface area contributed by atoms with Crippen LogP contribution in [0.4, 0.5) is 0 Å². The van der Waals surface area contributed by atoms with Crippen molar-refractivity contribution in [3.8, 4) is 11.5 Å². The zero-order valence-corrected chi connectivity index (χ0v) is 14.1. The quantitative estimate of drug-likeness (QED) is 0.769. The molecule has 0 radical (unpaired) electrons. The summed E-state index contributed by atoms with van der Waals surface area (Å²) in [5.74, 6) is 1.34. The van der Waals surface area contributed by atoms with Gasteiger partial charge in [0.25, 0.3) is 5.91 Å². The summed E-state index contributed by atoms with van der Waals surface area (Å²) in [6, 6.07) is 10.9. The summed E-state index contributed by atoms with van der Waals surface area (Å²) in [7, 11) is 1.61. The molecule has 0 N–H and O–H groups in total. The van der Waals surface area contributed by atoms with Gasteiger partial charge in [0.2, 0.25) is 0 Å². The minimum Gasteiger partial charge on any atom is -0.497 e. The summed E-state index contributed by atoms with van der Waals surface area (Å²) in [6.07, 6.45) is 0. The number of hydrogen-bond donors (Lipinski definition) is 0. The van der Waals surface area contributed by atoms with Crippen LogP contribution in [0.2, 0.25) is 4.34 Å². The first-order valence-electron chi connectivity index (χ1n) is 6.91. The molecule has 22 heavy (non-hydrogen) atoms. The van der Waals surface area contributed by atoms with Crippen molar-refractivity contribution in [2.24, 2.45) is 0 Å². The van der Waals surface area contributed by atoms with Crippen LogP contribution in [0.5, 0.6) is 11.5 Å². The number of methoxy groups -OCH3 is 1. The molecule has 1 heterocycles. The van der Waals surface area contributed by atoms with E-state index in [0.717, 1.165) is 15.0 Å². The molecule has 4 nitrogen and oxygen atoms in total. The summed E-state index contributed by atoms with van der Waals surface area (Å²) in [6.45, 7) is 3.14. The highest BCUT2D eigenvalue weighted by molar-refractivity contribution is 7.16. The Labute approximate surface area is 139 Å². The van der Waals surface area contributed by atoms with Gasteiger partial charge in [-0.05, 0) is 43.3 Å². The number of hydrogen-bond acceptors (Lipinski definition) is 4. The molecule has 2 rings (SSSR count). The van der Waals surface area contributed by atoms with Gasteiger partial charge in [-0.1, -0.05) is 11.6 Å². The number of amides is 1. The molecule has 0 unspecified atom stereocenters. The van der Waals surface area contributed by atoms with Crippen molar-refractivity contribution in [1.82, 2.24) is 4.90 Å². The highest BCUT2D eigenvalue weighted by Crippen LogP contribution is 2.23. The molecule has 2 aromatic rings. The molecule has 0 bridgehead atoms. The van der Waals surface area contributed by atoms with Crippen LogP contribution in [0.3, 0.4) is 0 Å². The Hall–Kier alpha value is -1.72. The molecule has 0 aliphatic carbocycles.